The fraction of sp³-hybridized carbons (Fsp3) is 0.462. The van der Waals surface area contributed by atoms with Crippen molar-refractivity contribution in [2.24, 2.45) is 0 Å². The molecule has 0 aliphatic carbocycles. The Bertz CT molecular complexity index is 321. The van der Waals surface area contributed by atoms with Crippen LogP contribution in [0.2, 0.25) is 5.02 Å². The standard InChI is InChI=1S/C8H10ClN.C5H9NS/c1-10-6-7-2-4-8(9)5-3-7;7-4-5-2-1-3-6-5/h2-5,10H,6H2,1H3;4-6H,1-3H2. The summed E-state index contributed by atoms with van der Waals surface area (Å²) in [5.74, 6) is 0. The summed E-state index contributed by atoms with van der Waals surface area (Å²) >= 11 is 10.4. The molecule has 17 heavy (non-hydrogen) atoms. The molecule has 1 aliphatic heterocycles. The maximum Gasteiger partial charge on any atom is 0.0406 e. The molecule has 94 valence electrons. The van der Waals surface area contributed by atoms with Crippen LogP contribution in [0.4, 0.5) is 0 Å². The lowest BCUT2D eigenvalue weighted by Crippen LogP contribution is -2.21. The van der Waals surface area contributed by atoms with E-state index in [9.17, 15) is 0 Å². The number of nitrogens with one attached hydrogen (secondary N) is 2. The summed E-state index contributed by atoms with van der Waals surface area (Å²) in [5.41, 5.74) is 1.26. The van der Waals surface area contributed by atoms with Crippen LogP contribution in [0.1, 0.15) is 18.4 Å². The molecule has 0 amide bonds. The van der Waals surface area contributed by atoms with E-state index < -0.39 is 0 Å². The average molecular weight is 271 g/mol. The number of benzene rings is 1. The van der Waals surface area contributed by atoms with Crippen molar-refractivity contribution in [3.63, 3.8) is 0 Å². The zero-order chi connectivity index (χ0) is 12.5. The van der Waals surface area contributed by atoms with Crippen LogP contribution in [0, 0.1) is 0 Å². The Morgan fingerprint density at radius 2 is 2.18 bits per heavy atom. The molecule has 2 N–H and O–H groups in total. The second kappa shape index (κ2) is 8.59. The van der Waals surface area contributed by atoms with Crippen molar-refractivity contribution in [3.8, 4) is 0 Å². The summed E-state index contributed by atoms with van der Waals surface area (Å²) in [6.45, 7) is 2.05. The molecular weight excluding hydrogens is 252 g/mol. The van der Waals surface area contributed by atoms with Gasteiger partial charge in [0.2, 0.25) is 0 Å². The molecule has 0 spiro atoms. The van der Waals surface area contributed by atoms with E-state index in [2.05, 4.69) is 10.6 Å². The van der Waals surface area contributed by atoms with E-state index in [1.807, 2.05) is 36.7 Å². The average Bonchev–Trinajstić information content (AvgIpc) is 2.86. The predicted octanol–water partition coefficient (Wildman–Crippen LogP) is 2.80. The van der Waals surface area contributed by atoms with Gasteiger partial charge in [-0.1, -0.05) is 36.0 Å². The Kier molecular flexibility index (Phi) is 7.37. The van der Waals surface area contributed by atoms with E-state index in [1.54, 1.807) is 0 Å². The van der Waals surface area contributed by atoms with Gasteiger partial charge in [-0.25, -0.2) is 0 Å². The van der Waals surface area contributed by atoms with Gasteiger partial charge in [0.15, 0.2) is 0 Å². The van der Waals surface area contributed by atoms with Gasteiger partial charge in [-0.15, -0.1) is 0 Å². The summed E-state index contributed by atoms with van der Waals surface area (Å²) in [4.78, 5) is 0. The van der Waals surface area contributed by atoms with Crippen LogP contribution in [-0.2, 0) is 6.54 Å². The topological polar surface area (TPSA) is 24.1 Å². The lowest BCUT2D eigenvalue weighted by Gasteiger charge is -1.97. The number of thiocarbonyl (C=S) groups is 1. The van der Waals surface area contributed by atoms with Gasteiger partial charge in [-0.05, 0) is 49.5 Å². The number of hydrogen-bond acceptors (Lipinski definition) is 3. The number of hydrogen-bond donors (Lipinski definition) is 2. The molecule has 1 heterocycles. The minimum atomic E-state index is 0.537. The number of halogens is 1. The lowest BCUT2D eigenvalue weighted by atomic mass is 10.2. The van der Waals surface area contributed by atoms with E-state index in [-0.39, 0.29) is 0 Å². The highest BCUT2D eigenvalue weighted by Crippen LogP contribution is 2.08. The monoisotopic (exact) mass is 270 g/mol. The third-order valence-corrected chi connectivity index (χ3v) is 3.14. The van der Waals surface area contributed by atoms with E-state index in [0.717, 1.165) is 18.1 Å². The van der Waals surface area contributed by atoms with E-state index in [1.165, 1.54) is 18.4 Å². The van der Waals surface area contributed by atoms with Crippen LogP contribution in [-0.4, -0.2) is 25.0 Å². The molecule has 0 aromatic heterocycles. The zero-order valence-corrected chi connectivity index (χ0v) is 11.7. The fourth-order valence-corrected chi connectivity index (χ4v) is 1.99. The Balaban J connectivity index is 0.000000181. The first-order valence-electron chi connectivity index (χ1n) is 5.84. The van der Waals surface area contributed by atoms with Gasteiger partial charge in [-0.3, -0.25) is 0 Å². The van der Waals surface area contributed by atoms with Gasteiger partial charge in [-0.2, -0.15) is 0 Å². The number of rotatable bonds is 3. The second-order valence-electron chi connectivity index (χ2n) is 4.00. The molecule has 2 nitrogen and oxygen atoms in total. The largest absolute Gasteiger partial charge is 0.316 e. The van der Waals surface area contributed by atoms with Crippen molar-refractivity contribution in [2.45, 2.75) is 25.4 Å². The Morgan fingerprint density at radius 1 is 1.47 bits per heavy atom. The van der Waals surface area contributed by atoms with Crippen LogP contribution < -0.4 is 10.6 Å². The van der Waals surface area contributed by atoms with Crippen molar-refractivity contribution in [1.29, 1.82) is 0 Å². The molecule has 1 aromatic rings. The molecular formula is C13H19ClN2S. The minimum Gasteiger partial charge on any atom is -0.316 e. The molecule has 0 saturated carbocycles. The third-order valence-electron chi connectivity index (χ3n) is 2.56. The highest BCUT2D eigenvalue weighted by Gasteiger charge is 2.08. The fourth-order valence-electron chi connectivity index (χ4n) is 1.63. The molecule has 1 aliphatic rings. The molecule has 0 radical (unpaired) electrons. The molecule has 4 heteroatoms. The van der Waals surface area contributed by atoms with E-state index in [0.29, 0.717) is 6.04 Å². The van der Waals surface area contributed by atoms with Crippen molar-refractivity contribution >= 4 is 29.2 Å². The SMILES string of the molecule is CNCc1ccc(Cl)cc1.S=CC1CCCN1. The van der Waals surface area contributed by atoms with Crippen molar-refractivity contribution in [3.05, 3.63) is 34.9 Å². The van der Waals surface area contributed by atoms with Crippen molar-refractivity contribution < 1.29 is 0 Å². The van der Waals surface area contributed by atoms with Gasteiger partial charge >= 0.3 is 0 Å². The van der Waals surface area contributed by atoms with Gasteiger partial charge in [0.05, 0.1) is 0 Å². The van der Waals surface area contributed by atoms with Gasteiger partial charge in [0.25, 0.3) is 0 Å². The minimum absolute atomic E-state index is 0.537. The summed E-state index contributed by atoms with van der Waals surface area (Å²) in [5, 5.41) is 8.91. The first kappa shape index (κ1) is 14.6. The van der Waals surface area contributed by atoms with Crippen LogP contribution in [0.25, 0.3) is 0 Å². The normalized spacial score (nSPS) is 18.4. The lowest BCUT2D eigenvalue weighted by molar-refractivity contribution is 0.781. The Labute approximate surface area is 114 Å². The van der Waals surface area contributed by atoms with Gasteiger partial charge < -0.3 is 10.6 Å². The van der Waals surface area contributed by atoms with Gasteiger partial charge in [0.1, 0.15) is 0 Å². The molecule has 1 atom stereocenters. The highest BCUT2D eigenvalue weighted by atomic mass is 35.5. The summed E-state index contributed by atoms with van der Waals surface area (Å²) < 4.78 is 0. The summed E-state index contributed by atoms with van der Waals surface area (Å²) in [6, 6.07) is 8.36. The first-order valence-corrected chi connectivity index (χ1v) is 6.69. The van der Waals surface area contributed by atoms with Crippen molar-refractivity contribution in [1.82, 2.24) is 10.6 Å². The van der Waals surface area contributed by atoms with Crippen LogP contribution in [0.3, 0.4) is 0 Å². The van der Waals surface area contributed by atoms with Gasteiger partial charge in [0, 0.05) is 17.6 Å². The zero-order valence-electron chi connectivity index (χ0n) is 10.1. The Hall–Kier alpha value is -0.480. The van der Waals surface area contributed by atoms with E-state index >= 15 is 0 Å². The summed E-state index contributed by atoms with van der Waals surface area (Å²) in [6.07, 6.45) is 2.53. The molecule has 2 rings (SSSR count). The predicted molar refractivity (Wildman–Crippen MR) is 78.9 cm³/mol. The van der Waals surface area contributed by atoms with Crippen molar-refractivity contribution in [2.75, 3.05) is 13.6 Å². The molecule has 1 fully saturated rings. The maximum absolute atomic E-state index is 5.69. The van der Waals surface area contributed by atoms with Crippen LogP contribution >= 0.6 is 23.8 Å². The molecule has 1 aromatic carbocycles. The maximum atomic E-state index is 5.69. The molecule has 1 saturated heterocycles. The summed E-state index contributed by atoms with van der Waals surface area (Å²) in [7, 11) is 1.93. The van der Waals surface area contributed by atoms with Crippen LogP contribution in [0.5, 0.6) is 0 Å². The van der Waals surface area contributed by atoms with E-state index in [4.69, 9.17) is 23.8 Å². The quantitative estimate of drug-likeness (QED) is 0.826. The van der Waals surface area contributed by atoms with Crippen LogP contribution in [0.15, 0.2) is 24.3 Å². The second-order valence-corrected chi connectivity index (χ2v) is 4.70. The third kappa shape index (κ3) is 6.13. The molecule has 1 unspecified atom stereocenters. The molecule has 0 bridgehead atoms. The first-order chi connectivity index (χ1) is 8.26. The smallest absolute Gasteiger partial charge is 0.0406 e. The Morgan fingerprint density at radius 3 is 2.59 bits per heavy atom. The highest BCUT2D eigenvalue weighted by molar-refractivity contribution is 7.79.